The SMILES string of the molecule is CCCCOc1nc(N)c2c(n1)N(CC1CCCN(C3CCCC3)C1)C(=O)C2.Cl. The molecule has 8 heteroatoms. The number of anilines is 2. The Kier molecular flexibility index (Phi) is 7.57. The largest absolute Gasteiger partial charge is 0.463 e. The lowest BCUT2D eigenvalue weighted by atomic mass is 9.95. The number of likely N-dealkylation sites (tertiary alicyclic amines) is 1. The van der Waals surface area contributed by atoms with Gasteiger partial charge >= 0.3 is 6.01 Å². The molecular formula is C21H34ClN5O2. The molecule has 0 bridgehead atoms. The van der Waals surface area contributed by atoms with Gasteiger partial charge in [0, 0.05) is 24.7 Å². The lowest BCUT2D eigenvalue weighted by molar-refractivity contribution is -0.117. The molecule has 162 valence electrons. The van der Waals surface area contributed by atoms with E-state index in [9.17, 15) is 4.79 Å². The summed E-state index contributed by atoms with van der Waals surface area (Å²) >= 11 is 0. The maximum Gasteiger partial charge on any atom is 0.320 e. The third-order valence-electron chi connectivity index (χ3n) is 6.44. The number of unbranched alkanes of at least 4 members (excludes halogenated alkanes) is 1. The van der Waals surface area contributed by atoms with E-state index in [1.807, 2.05) is 4.90 Å². The van der Waals surface area contributed by atoms with Gasteiger partial charge in [-0.3, -0.25) is 9.69 Å². The molecule has 1 aliphatic carbocycles. The van der Waals surface area contributed by atoms with Crippen LogP contribution in [-0.4, -0.2) is 53.1 Å². The van der Waals surface area contributed by atoms with E-state index in [0.717, 1.165) is 37.5 Å². The quantitative estimate of drug-likeness (QED) is 0.678. The lowest BCUT2D eigenvalue weighted by Gasteiger charge is -2.38. The van der Waals surface area contributed by atoms with Crippen LogP contribution < -0.4 is 15.4 Å². The van der Waals surface area contributed by atoms with Crippen molar-refractivity contribution in [3.63, 3.8) is 0 Å². The maximum absolute atomic E-state index is 12.7. The summed E-state index contributed by atoms with van der Waals surface area (Å²) < 4.78 is 5.66. The third kappa shape index (κ3) is 4.94. The van der Waals surface area contributed by atoms with Gasteiger partial charge in [0.2, 0.25) is 5.91 Å². The van der Waals surface area contributed by atoms with Gasteiger partial charge < -0.3 is 15.4 Å². The van der Waals surface area contributed by atoms with Crippen LogP contribution in [-0.2, 0) is 11.2 Å². The molecule has 0 spiro atoms. The third-order valence-corrected chi connectivity index (χ3v) is 6.44. The number of rotatable bonds is 7. The first-order valence-electron chi connectivity index (χ1n) is 11.0. The Morgan fingerprint density at radius 2 is 1.97 bits per heavy atom. The number of hydrogen-bond donors (Lipinski definition) is 1. The molecule has 1 atom stereocenters. The van der Waals surface area contributed by atoms with E-state index in [2.05, 4.69) is 21.8 Å². The molecule has 2 fully saturated rings. The number of nitrogens with zero attached hydrogens (tertiary/aromatic N) is 4. The van der Waals surface area contributed by atoms with Crippen molar-refractivity contribution in [2.45, 2.75) is 70.8 Å². The molecule has 29 heavy (non-hydrogen) atoms. The number of aromatic nitrogens is 2. The van der Waals surface area contributed by atoms with E-state index in [0.29, 0.717) is 36.6 Å². The van der Waals surface area contributed by atoms with Crippen LogP contribution in [0.2, 0.25) is 0 Å². The van der Waals surface area contributed by atoms with Gasteiger partial charge in [0.25, 0.3) is 0 Å². The average Bonchev–Trinajstić information content (AvgIpc) is 3.32. The minimum absolute atomic E-state index is 0. The molecule has 2 N–H and O–H groups in total. The molecule has 2 aliphatic heterocycles. The second-order valence-corrected chi connectivity index (χ2v) is 8.52. The fourth-order valence-electron chi connectivity index (χ4n) is 4.89. The Morgan fingerprint density at radius 3 is 2.72 bits per heavy atom. The van der Waals surface area contributed by atoms with E-state index in [1.165, 1.54) is 45.1 Å². The number of nitrogens with two attached hydrogens (primary N) is 1. The number of hydrogen-bond acceptors (Lipinski definition) is 6. The van der Waals surface area contributed by atoms with Gasteiger partial charge in [-0.2, -0.15) is 9.97 Å². The van der Waals surface area contributed by atoms with Crippen molar-refractivity contribution < 1.29 is 9.53 Å². The van der Waals surface area contributed by atoms with Crippen molar-refractivity contribution in [3.05, 3.63) is 5.56 Å². The van der Waals surface area contributed by atoms with Crippen LogP contribution in [0.1, 0.15) is 63.9 Å². The number of nitrogen functional groups attached to an aromatic ring is 1. The fraction of sp³-hybridized carbons (Fsp3) is 0.762. The first-order chi connectivity index (χ1) is 13.7. The topological polar surface area (TPSA) is 84.6 Å². The van der Waals surface area contributed by atoms with E-state index >= 15 is 0 Å². The Hall–Kier alpha value is -1.60. The molecule has 1 saturated carbocycles. The smallest absolute Gasteiger partial charge is 0.320 e. The van der Waals surface area contributed by atoms with Crippen LogP contribution in [0, 0.1) is 5.92 Å². The highest BCUT2D eigenvalue weighted by Crippen LogP contribution is 2.34. The Balaban J connectivity index is 0.00000240. The predicted octanol–water partition coefficient (Wildman–Crippen LogP) is 3.20. The van der Waals surface area contributed by atoms with Crippen LogP contribution >= 0.6 is 12.4 Å². The maximum atomic E-state index is 12.7. The standard InChI is InChI=1S/C21H33N5O2.ClH/c1-2-3-11-28-21-23-19(22)17-12-18(27)26(20(17)24-21)14-15-7-6-10-25(13-15)16-8-4-5-9-16;/h15-16H,2-14H2,1H3,(H2,22,23,24);1H. The zero-order chi connectivity index (χ0) is 19.5. The van der Waals surface area contributed by atoms with Crippen molar-refractivity contribution in [2.75, 3.05) is 36.9 Å². The van der Waals surface area contributed by atoms with Crippen molar-refractivity contribution >= 4 is 29.9 Å². The lowest BCUT2D eigenvalue weighted by Crippen LogP contribution is -2.45. The summed E-state index contributed by atoms with van der Waals surface area (Å²) in [4.78, 5) is 26.0. The molecule has 0 radical (unpaired) electrons. The van der Waals surface area contributed by atoms with E-state index in [1.54, 1.807) is 0 Å². The number of amides is 1. The van der Waals surface area contributed by atoms with Gasteiger partial charge in [-0.25, -0.2) is 0 Å². The summed E-state index contributed by atoms with van der Waals surface area (Å²) in [5.74, 6) is 1.62. The molecule has 1 saturated heterocycles. The zero-order valence-corrected chi connectivity index (χ0v) is 18.3. The summed E-state index contributed by atoms with van der Waals surface area (Å²) in [6.07, 6.45) is 10.1. The number of halogens is 1. The van der Waals surface area contributed by atoms with Crippen molar-refractivity contribution in [2.24, 2.45) is 5.92 Å². The highest BCUT2D eigenvalue weighted by atomic mass is 35.5. The highest BCUT2D eigenvalue weighted by Gasteiger charge is 2.35. The molecule has 3 aliphatic rings. The average molecular weight is 424 g/mol. The van der Waals surface area contributed by atoms with Gasteiger partial charge in [-0.05, 0) is 44.6 Å². The van der Waals surface area contributed by atoms with Gasteiger partial charge in [-0.15, -0.1) is 12.4 Å². The van der Waals surface area contributed by atoms with Crippen LogP contribution in [0.4, 0.5) is 11.6 Å². The Morgan fingerprint density at radius 1 is 1.17 bits per heavy atom. The van der Waals surface area contributed by atoms with Crippen molar-refractivity contribution in [1.82, 2.24) is 14.9 Å². The second kappa shape index (κ2) is 9.94. The first-order valence-corrected chi connectivity index (χ1v) is 11.0. The molecule has 0 aromatic carbocycles. The summed E-state index contributed by atoms with van der Waals surface area (Å²) in [6.45, 7) is 5.70. The Labute approximate surface area is 179 Å². The summed E-state index contributed by atoms with van der Waals surface area (Å²) in [7, 11) is 0. The number of piperidine rings is 1. The molecule has 3 heterocycles. The van der Waals surface area contributed by atoms with E-state index in [-0.39, 0.29) is 18.3 Å². The number of ether oxygens (including phenoxy) is 1. The second-order valence-electron chi connectivity index (χ2n) is 8.52. The van der Waals surface area contributed by atoms with Crippen molar-refractivity contribution in [1.29, 1.82) is 0 Å². The van der Waals surface area contributed by atoms with E-state index < -0.39 is 0 Å². The fourth-order valence-corrected chi connectivity index (χ4v) is 4.89. The minimum Gasteiger partial charge on any atom is -0.463 e. The molecular weight excluding hydrogens is 390 g/mol. The molecule has 1 aromatic heterocycles. The summed E-state index contributed by atoms with van der Waals surface area (Å²) in [6, 6.07) is 1.04. The molecule has 1 aromatic rings. The van der Waals surface area contributed by atoms with Gasteiger partial charge in [-0.1, -0.05) is 26.2 Å². The molecule has 7 nitrogen and oxygen atoms in total. The van der Waals surface area contributed by atoms with Crippen LogP contribution in [0.5, 0.6) is 6.01 Å². The van der Waals surface area contributed by atoms with Crippen LogP contribution in [0.15, 0.2) is 0 Å². The zero-order valence-electron chi connectivity index (χ0n) is 17.4. The number of carbonyl (C=O) groups is 1. The first kappa shape index (κ1) is 22.1. The highest BCUT2D eigenvalue weighted by molar-refractivity contribution is 6.01. The monoisotopic (exact) mass is 423 g/mol. The molecule has 1 amide bonds. The van der Waals surface area contributed by atoms with Crippen molar-refractivity contribution in [3.8, 4) is 6.01 Å². The number of fused-ring (bicyclic) bond motifs is 1. The Bertz CT molecular complexity index is 711. The van der Waals surface area contributed by atoms with Gasteiger partial charge in [0.15, 0.2) is 0 Å². The van der Waals surface area contributed by atoms with E-state index in [4.69, 9.17) is 10.5 Å². The van der Waals surface area contributed by atoms with Gasteiger partial charge in [0.05, 0.1) is 13.0 Å². The van der Waals surface area contributed by atoms with Crippen LogP contribution in [0.3, 0.4) is 0 Å². The van der Waals surface area contributed by atoms with Crippen LogP contribution in [0.25, 0.3) is 0 Å². The van der Waals surface area contributed by atoms with Gasteiger partial charge in [0.1, 0.15) is 11.6 Å². The minimum atomic E-state index is 0. The number of carbonyl (C=O) groups excluding carboxylic acids is 1. The molecule has 1 unspecified atom stereocenters. The summed E-state index contributed by atoms with van der Waals surface area (Å²) in [5, 5.41) is 0. The molecule has 4 rings (SSSR count). The predicted molar refractivity (Wildman–Crippen MR) is 117 cm³/mol. The summed E-state index contributed by atoms with van der Waals surface area (Å²) in [5.41, 5.74) is 6.88. The normalized spacial score (nSPS) is 22.6.